The van der Waals surface area contributed by atoms with Gasteiger partial charge in [-0.3, -0.25) is 23.4 Å². The van der Waals surface area contributed by atoms with E-state index >= 15 is 0 Å². The lowest BCUT2D eigenvalue weighted by Gasteiger charge is -2.49. The SMILES string of the molecule is CCCCCCCCCCCCCCCCCCCC(=O)OC(COC(=O)CCCCCCCCCCCCCC)COP(=O)(O)OC1C(OC2OC(CO)C(O)C(O)C2O)C(O)C(O)C(O)C1OC1OC(COC(=O)CCCCCCCCCCCCCCC)C(O)C(O)C1O. The summed E-state index contributed by atoms with van der Waals surface area (Å²) >= 11 is 0. The molecule has 0 spiro atoms. The molecule has 25 heteroatoms. The smallest absolute Gasteiger partial charge is 0.463 e. The molecule has 1 saturated carbocycles. The number of phosphoric ester groups is 1. The molecular weight excluding hydrogens is 1280 g/mol. The second-order valence-electron chi connectivity index (χ2n) is 27.7. The van der Waals surface area contributed by atoms with Gasteiger partial charge in [0.05, 0.1) is 13.2 Å². The van der Waals surface area contributed by atoms with Gasteiger partial charge in [0.2, 0.25) is 0 Å². The van der Waals surface area contributed by atoms with Crippen molar-refractivity contribution in [2.75, 3.05) is 26.4 Å². The summed E-state index contributed by atoms with van der Waals surface area (Å²) in [5.41, 5.74) is 0. The molecule has 0 amide bonds. The van der Waals surface area contributed by atoms with Crippen LogP contribution in [0.4, 0.5) is 0 Å². The molecule has 18 atom stereocenters. The van der Waals surface area contributed by atoms with Crippen molar-refractivity contribution in [2.24, 2.45) is 0 Å². The number of ether oxygens (including phenoxy) is 7. The minimum Gasteiger partial charge on any atom is -0.463 e. The highest BCUT2D eigenvalue weighted by molar-refractivity contribution is 7.47. The van der Waals surface area contributed by atoms with Crippen molar-refractivity contribution < 1.29 is 117 Å². The number of rotatable bonds is 60. The van der Waals surface area contributed by atoms with E-state index in [2.05, 4.69) is 20.8 Å². The number of hydrogen-bond donors (Lipinski definition) is 11. The third kappa shape index (κ3) is 37.8. The Morgan fingerprint density at radius 1 is 0.361 bits per heavy atom. The molecule has 97 heavy (non-hydrogen) atoms. The lowest BCUT2D eigenvalue weighted by atomic mass is 9.84. The molecule has 0 aromatic rings. The van der Waals surface area contributed by atoms with Gasteiger partial charge >= 0.3 is 25.7 Å². The topological polar surface area (TPSA) is 374 Å². The normalized spacial score (nSPS) is 27.7. The molecule has 572 valence electrons. The summed E-state index contributed by atoms with van der Waals surface area (Å²) < 4.78 is 65.0. The van der Waals surface area contributed by atoms with Crippen molar-refractivity contribution >= 4 is 25.7 Å². The maximum atomic E-state index is 14.3. The molecule has 1 aliphatic carbocycles. The minimum atomic E-state index is -5.69. The minimum absolute atomic E-state index is 0.0328. The average molecular weight is 1420 g/mol. The molecule has 2 heterocycles. The first-order valence-electron chi connectivity index (χ1n) is 38.3. The summed E-state index contributed by atoms with van der Waals surface area (Å²) in [4.78, 5) is 51.0. The van der Waals surface area contributed by atoms with Crippen LogP contribution < -0.4 is 0 Å². The summed E-state index contributed by atoms with van der Waals surface area (Å²) in [5.74, 6) is -1.97. The molecule has 0 aromatic carbocycles. The maximum Gasteiger partial charge on any atom is 0.472 e. The molecule has 18 unspecified atom stereocenters. The van der Waals surface area contributed by atoms with E-state index in [1.54, 1.807) is 0 Å². The van der Waals surface area contributed by atoms with Gasteiger partial charge in [0.15, 0.2) is 18.7 Å². The average Bonchev–Trinajstić information content (AvgIpc) is 0.764. The number of hydrogen-bond acceptors (Lipinski definition) is 23. The van der Waals surface area contributed by atoms with E-state index in [0.717, 1.165) is 96.3 Å². The first-order chi connectivity index (χ1) is 46.8. The predicted molar refractivity (Wildman–Crippen MR) is 365 cm³/mol. The molecule has 0 radical (unpaired) electrons. The lowest BCUT2D eigenvalue weighted by Crippen LogP contribution is -2.69. The largest absolute Gasteiger partial charge is 0.472 e. The van der Waals surface area contributed by atoms with Gasteiger partial charge in [0.25, 0.3) is 0 Å². The molecule has 3 fully saturated rings. The van der Waals surface area contributed by atoms with Gasteiger partial charge in [0, 0.05) is 19.3 Å². The molecule has 2 aliphatic heterocycles. The third-order valence-corrected chi connectivity index (χ3v) is 20.1. The third-order valence-electron chi connectivity index (χ3n) is 19.1. The number of aliphatic hydroxyl groups is 10. The van der Waals surface area contributed by atoms with Crippen LogP contribution >= 0.6 is 7.82 Å². The van der Waals surface area contributed by atoms with Crippen molar-refractivity contribution in [3.05, 3.63) is 0 Å². The zero-order chi connectivity index (χ0) is 71.1. The number of carbonyl (C=O) groups is 3. The van der Waals surface area contributed by atoms with Gasteiger partial charge in [0.1, 0.15) is 98.7 Å². The van der Waals surface area contributed by atoms with Crippen molar-refractivity contribution in [3.8, 4) is 0 Å². The van der Waals surface area contributed by atoms with E-state index in [0.29, 0.717) is 19.3 Å². The number of aliphatic hydroxyl groups excluding tert-OH is 10. The standard InChI is InChI=1S/C72H135O24P/c1-4-7-10-13-16-19-22-25-26-27-28-30-33-36-39-42-45-48-58(76)91-53(50-88-56(74)46-43-40-37-34-31-24-21-18-15-12-9-6-3)51-90-97(86,87)96-70-68(94-71-66(84)61(79)59(77)54(49-73)92-71)64(82)63(81)65(83)69(70)95-72-67(85)62(80)60(78)55(93-72)52-89-57(75)47-44-41-38-35-32-29-23-20-17-14-11-8-5-2/h53-55,59-73,77-85H,4-52H2,1-3H3,(H,86,87). The van der Waals surface area contributed by atoms with Crippen LogP contribution in [0, 0.1) is 0 Å². The number of phosphoric acid groups is 1. The fourth-order valence-corrected chi connectivity index (χ4v) is 13.8. The fourth-order valence-electron chi connectivity index (χ4n) is 12.9. The van der Waals surface area contributed by atoms with Crippen molar-refractivity contribution in [3.63, 3.8) is 0 Å². The van der Waals surface area contributed by atoms with Crippen LogP contribution in [0.15, 0.2) is 0 Å². The zero-order valence-electron chi connectivity index (χ0n) is 59.6. The Morgan fingerprint density at radius 2 is 0.660 bits per heavy atom. The van der Waals surface area contributed by atoms with Crippen LogP contribution in [-0.2, 0) is 61.2 Å². The van der Waals surface area contributed by atoms with Crippen LogP contribution in [0.5, 0.6) is 0 Å². The molecule has 3 aliphatic rings. The Labute approximate surface area is 580 Å². The van der Waals surface area contributed by atoms with Gasteiger partial charge in [-0.15, -0.1) is 0 Å². The predicted octanol–water partition coefficient (Wildman–Crippen LogP) is 10.6. The van der Waals surface area contributed by atoms with Gasteiger partial charge in [-0.2, -0.15) is 0 Å². The highest BCUT2D eigenvalue weighted by Gasteiger charge is 2.58. The second kappa shape index (κ2) is 54.6. The summed E-state index contributed by atoms with van der Waals surface area (Å²) in [6.45, 7) is 3.47. The van der Waals surface area contributed by atoms with Gasteiger partial charge in [-0.05, 0) is 19.3 Å². The highest BCUT2D eigenvalue weighted by Crippen LogP contribution is 2.49. The fraction of sp³-hybridized carbons (Fsp3) is 0.958. The maximum absolute atomic E-state index is 14.3. The van der Waals surface area contributed by atoms with Crippen LogP contribution in [-0.4, -0.2) is 204 Å². The van der Waals surface area contributed by atoms with Crippen LogP contribution in [0.25, 0.3) is 0 Å². The zero-order valence-corrected chi connectivity index (χ0v) is 60.5. The van der Waals surface area contributed by atoms with Crippen LogP contribution in [0.3, 0.4) is 0 Å². The Morgan fingerprint density at radius 3 is 1.01 bits per heavy atom. The monoisotopic (exact) mass is 1410 g/mol. The molecule has 0 bridgehead atoms. The van der Waals surface area contributed by atoms with Crippen LogP contribution in [0.2, 0.25) is 0 Å². The molecule has 24 nitrogen and oxygen atoms in total. The summed E-state index contributed by atoms with van der Waals surface area (Å²) in [6.07, 6.45) is 11.7. The Kier molecular flexibility index (Phi) is 50.2. The Balaban J connectivity index is 1.72. The van der Waals surface area contributed by atoms with E-state index in [1.807, 2.05) is 0 Å². The number of carbonyl (C=O) groups excluding carboxylic acids is 3. The van der Waals surface area contributed by atoms with Crippen molar-refractivity contribution in [2.45, 2.75) is 414 Å². The van der Waals surface area contributed by atoms with Gasteiger partial charge in [-0.25, -0.2) is 4.57 Å². The first-order valence-corrected chi connectivity index (χ1v) is 39.8. The van der Waals surface area contributed by atoms with Crippen LogP contribution in [0.1, 0.15) is 310 Å². The molecule has 3 rings (SSSR count). The van der Waals surface area contributed by atoms with E-state index in [1.165, 1.54) is 154 Å². The Bertz CT molecular complexity index is 2010. The van der Waals surface area contributed by atoms with Crippen molar-refractivity contribution in [1.29, 1.82) is 0 Å². The molecule has 0 aromatic heterocycles. The van der Waals surface area contributed by atoms with E-state index < -0.39 is 156 Å². The van der Waals surface area contributed by atoms with E-state index in [-0.39, 0.29) is 19.3 Å². The van der Waals surface area contributed by atoms with E-state index in [4.69, 9.17) is 42.2 Å². The number of esters is 3. The van der Waals surface area contributed by atoms with E-state index in [9.17, 15) is 74.9 Å². The lowest BCUT2D eigenvalue weighted by molar-refractivity contribution is -0.360. The molecule has 11 N–H and O–H groups in total. The second-order valence-corrected chi connectivity index (χ2v) is 29.1. The van der Waals surface area contributed by atoms with Gasteiger partial charge < -0.3 is 89.1 Å². The quantitative estimate of drug-likeness (QED) is 0.0117. The van der Waals surface area contributed by atoms with Crippen molar-refractivity contribution in [1.82, 2.24) is 0 Å². The summed E-state index contributed by atoms with van der Waals surface area (Å²) in [7, 11) is -5.69. The van der Waals surface area contributed by atoms with Gasteiger partial charge in [-0.1, -0.05) is 271 Å². The Hall–Kier alpha value is -2.04. The summed E-state index contributed by atoms with van der Waals surface area (Å²) in [6, 6.07) is 0. The first kappa shape index (κ1) is 89.2. The summed E-state index contributed by atoms with van der Waals surface area (Å²) in [5, 5.41) is 110. The highest BCUT2D eigenvalue weighted by atomic mass is 31.2. The molecular formula is C72H135O24P. The number of unbranched alkanes of at least 4 members (excludes halogenated alkanes) is 39. The molecule has 2 saturated heterocycles.